The van der Waals surface area contributed by atoms with Gasteiger partial charge in [-0.2, -0.15) is 0 Å². The molecule has 7 heteroatoms. The summed E-state index contributed by atoms with van der Waals surface area (Å²) in [6.07, 6.45) is 3.73. The zero-order valence-electron chi connectivity index (χ0n) is 15.7. The number of carbonyl (C=O) groups excluding carboxylic acids is 1. The van der Waals surface area contributed by atoms with Gasteiger partial charge in [-0.05, 0) is 41.5 Å². The van der Waals surface area contributed by atoms with E-state index >= 15 is 0 Å². The minimum atomic E-state index is -0.0470. The molecule has 29 heavy (non-hydrogen) atoms. The van der Waals surface area contributed by atoms with E-state index in [0.717, 1.165) is 21.6 Å². The lowest BCUT2D eigenvalue weighted by atomic mass is 10.1. The molecule has 2 heterocycles. The van der Waals surface area contributed by atoms with Gasteiger partial charge in [0, 0.05) is 12.4 Å². The fraction of sp³-hybridized carbons (Fsp3) is 0.136. The molecule has 0 aliphatic rings. The van der Waals surface area contributed by atoms with E-state index in [1.54, 1.807) is 30.5 Å². The zero-order chi connectivity index (χ0) is 20.2. The summed E-state index contributed by atoms with van der Waals surface area (Å²) in [5.41, 5.74) is 2.55. The average molecular weight is 424 g/mol. The molecule has 0 aliphatic heterocycles. The number of aromatic nitrogens is 2. The fourth-order valence-electron chi connectivity index (χ4n) is 2.97. The molecule has 0 saturated heterocycles. The summed E-state index contributed by atoms with van der Waals surface area (Å²) >= 11 is 7.74. The third-order valence-electron chi connectivity index (χ3n) is 4.47. The van der Waals surface area contributed by atoms with Crippen LogP contribution in [0.4, 0.5) is 5.13 Å². The summed E-state index contributed by atoms with van der Waals surface area (Å²) in [6.45, 7) is 0.389. The first-order valence-electron chi connectivity index (χ1n) is 9.01. The molecular weight excluding hydrogens is 406 g/mol. The molecule has 4 rings (SSSR count). The Morgan fingerprint density at radius 3 is 2.62 bits per heavy atom. The van der Waals surface area contributed by atoms with Crippen LogP contribution in [-0.2, 0) is 17.8 Å². The summed E-state index contributed by atoms with van der Waals surface area (Å²) in [5, 5.41) is 1.20. The molecule has 0 fully saturated rings. The third-order valence-corrected chi connectivity index (χ3v) is 5.82. The van der Waals surface area contributed by atoms with Gasteiger partial charge in [-0.3, -0.25) is 14.7 Å². The summed E-state index contributed by atoms with van der Waals surface area (Å²) in [4.78, 5) is 23.7. The van der Waals surface area contributed by atoms with Gasteiger partial charge < -0.3 is 4.74 Å². The Morgan fingerprint density at radius 1 is 1.10 bits per heavy atom. The van der Waals surface area contributed by atoms with E-state index in [9.17, 15) is 4.79 Å². The smallest absolute Gasteiger partial charge is 0.233 e. The Balaban J connectivity index is 1.66. The fourth-order valence-corrected chi connectivity index (χ4v) is 4.25. The molecule has 5 nitrogen and oxygen atoms in total. The molecule has 2 aromatic heterocycles. The highest BCUT2D eigenvalue weighted by molar-refractivity contribution is 7.22. The van der Waals surface area contributed by atoms with Crippen LogP contribution in [0.1, 0.15) is 11.1 Å². The second-order valence-corrected chi connectivity index (χ2v) is 7.87. The molecule has 0 unspecified atom stereocenters. The van der Waals surface area contributed by atoms with Crippen LogP contribution in [0.15, 0.2) is 67.0 Å². The van der Waals surface area contributed by atoms with E-state index in [4.69, 9.17) is 16.3 Å². The highest BCUT2D eigenvalue weighted by atomic mass is 35.5. The number of hydrogen-bond acceptors (Lipinski definition) is 5. The Kier molecular flexibility index (Phi) is 5.74. The van der Waals surface area contributed by atoms with Crippen LogP contribution < -0.4 is 9.64 Å². The molecule has 1 amide bonds. The summed E-state index contributed by atoms with van der Waals surface area (Å²) < 4.78 is 6.14. The SMILES string of the molecule is COc1ccc(CC(=O)N(Cc2cccnc2)c2nc3c(Cl)cccc3s2)cc1. The molecule has 0 N–H and O–H groups in total. The molecule has 4 aromatic rings. The number of para-hydroxylation sites is 1. The zero-order valence-corrected chi connectivity index (χ0v) is 17.3. The first-order valence-corrected chi connectivity index (χ1v) is 10.2. The maximum Gasteiger partial charge on any atom is 0.233 e. The molecule has 0 saturated carbocycles. The highest BCUT2D eigenvalue weighted by Gasteiger charge is 2.21. The lowest BCUT2D eigenvalue weighted by molar-refractivity contribution is -0.118. The van der Waals surface area contributed by atoms with Crippen LogP contribution >= 0.6 is 22.9 Å². The predicted molar refractivity (Wildman–Crippen MR) is 117 cm³/mol. The molecular formula is C22H18ClN3O2S. The number of benzene rings is 2. The predicted octanol–water partition coefficient (Wildman–Crippen LogP) is 5.13. The van der Waals surface area contributed by atoms with Gasteiger partial charge in [0.25, 0.3) is 0 Å². The van der Waals surface area contributed by atoms with E-state index in [0.29, 0.717) is 22.2 Å². The maximum atomic E-state index is 13.2. The van der Waals surface area contributed by atoms with Crippen LogP contribution in [0.25, 0.3) is 10.2 Å². The van der Waals surface area contributed by atoms with Crippen molar-refractivity contribution in [2.45, 2.75) is 13.0 Å². The number of fused-ring (bicyclic) bond motifs is 1. The van der Waals surface area contributed by atoms with E-state index in [1.165, 1.54) is 11.3 Å². The van der Waals surface area contributed by atoms with Crippen LogP contribution in [0, 0.1) is 0 Å². The molecule has 0 spiro atoms. The second-order valence-electron chi connectivity index (χ2n) is 6.45. The van der Waals surface area contributed by atoms with E-state index in [-0.39, 0.29) is 12.3 Å². The van der Waals surface area contributed by atoms with E-state index in [1.807, 2.05) is 48.5 Å². The van der Waals surface area contributed by atoms with E-state index in [2.05, 4.69) is 9.97 Å². The number of pyridine rings is 1. The molecule has 0 atom stereocenters. The average Bonchev–Trinajstić information content (AvgIpc) is 3.18. The van der Waals surface area contributed by atoms with Crippen molar-refractivity contribution in [3.05, 3.63) is 83.1 Å². The summed E-state index contributed by atoms with van der Waals surface area (Å²) in [7, 11) is 1.62. The minimum absolute atomic E-state index is 0.0470. The topological polar surface area (TPSA) is 55.3 Å². The minimum Gasteiger partial charge on any atom is -0.497 e. The number of anilines is 1. The number of thiazole rings is 1. The maximum absolute atomic E-state index is 13.2. The van der Waals surface area contributed by atoms with Gasteiger partial charge in [-0.15, -0.1) is 0 Å². The molecule has 0 radical (unpaired) electrons. The third kappa shape index (κ3) is 4.39. The monoisotopic (exact) mass is 423 g/mol. The highest BCUT2D eigenvalue weighted by Crippen LogP contribution is 2.33. The number of halogens is 1. The lowest BCUT2D eigenvalue weighted by Gasteiger charge is -2.20. The number of amides is 1. The Labute approximate surface area is 177 Å². The summed E-state index contributed by atoms with van der Waals surface area (Å²) in [5.74, 6) is 0.712. The first kappa shape index (κ1) is 19.4. The van der Waals surface area contributed by atoms with Crippen molar-refractivity contribution < 1.29 is 9.53 Å². The second kappa shape index (κ2) is 8.59. The van der Waals surface area contributed by atoms with E-state index < -0.39 is 0 Å². The van der Waals surface area contributed by atoms with Crippen molar-refractivity contribution >= 4 is 44.2 Å². The van der Waals surface area contributed by atoms with Gasteiger partial charge in [0.15, 0.2) is 5.13 Å². The Hall–Kier alpha value is -2.96. The number of ether oxygens (including phenoxy) is 1. The van der Waals surface area contributed by atoms with Crippen molar-refractivity contribution in [2.24, 2.45) is 0 Å². The standard InChI is InChI=1S/C22H18ClN3O2S/c1-28-17-9-7-15(8-10-17)12-20(27)26(14-16-4-3-11-24-13-16)22-25-21-18(23)5-2-6-19(21)29-22/h2-11,13H,12,14H2,1H3. The normalized spacial score (nSPS) is 10.8. The number of hydrogen-bond donors (Lipinski definition) is 0. The Morgan fingerprint density at radius 2 is 1.93 bits per heavy atom. The van der Waals surface area contributed by atoms with Crippen LogP contribution in [0.5, 0.6) is 5.75 Å². The van der Waals surface area contributed by atoms with Crippen LogP contribution in [-0.4, -0.2) is 23.0 Å². The van der Waals surface area contributed by atoms with Crippen molar-refractivity contribution in [1.82, 2.24) is 9.97 Å². The van der Waals surface area contributed by atoms with Crippen molar-refractivity contribution in [3.8, 4) is 5.75 Å². The van der Waals surface area contributed by atoms with Gasteiger partial charge in [-0.25, -0.2) is 4.98 Å². The summed E-state index contributed by atoms with van der Waals surface area (Å²) in [6, 6.07) is 16.9. The largest absolute Gasteiger partial charge is 0.497 e. The number of rotatable bonds is 6. The van der Waals surface area contributed by atoms with Gasteiger partial charge in [-0.1, -0.05) is 47.2 Å². The van der Waals surface area contributed by atoms with Gasteiger partial charge in [0.2, 0.25) is 5.91 Å². The first-order chi connectivity index (χ1) is 14.1. The Bertz CT molecular complexity index is 1130. The van der Waals surface area contributed by atoms with Gasteiger partial charge >= 0.3 is 0 Å². The van der Waals surface area contributed by atoms with Crippen molar-refractivity contribution in [3.63, 3.8) is 0 Å². The molecule has 0 bridgehead atoms. The molecule has 2 aromatic carbocycles. The van der Waals surface area contributed by atoms with Gasteiger partial charge in [0.05, 0.1) is 29.8 Å². The number of carbonyl (C=O) groups is 1. The van der Waals surface area contributed by atoms with Crippen LogP contribution in [0.3, 0.4) is 0 Å². The molecule has 0 aliphatic carbocycles. The number of nitrogens with zero attached hydrogens (tertiary/aromatic N) is 3. The quantitative estimate of drug-likeness (QED) is 0.431. The lowest BCUT2D eigenvalue weighted by Crippen LogP contribution is -2.31. The molecule has 146 valence electrons. The number of methoxy groups -OCH3 is 1. The van der Waals surface area contributed by atoms with Crippen LogP contribution in [0.2, 0.25) is 5.02 Å². The van der Waals surface area contributed by atoms with Gasteiger partial charge in [0.1, 0.15) is 11.3 Å². The van der Waals surface area contributed by atoms with Crippen molar-refractivity contribution in [1.29, 1.82) is 0 Å². The van der Waals surface area contributed by atoms with Crippen molar-refractivity contribution in [2.75, 3.05) is 12.0 Å².